The molecule has 0 aromatic heterocycles. The van der Waals surface area contributed by atoms with E-state index in [1.165, 1.54) is 23.9 Å². The lowest BCUT2D eigenvalue weighted by Crippen LogP contribution is -2.19. The maximum Gasteiger partial charge on any atom is 0.271 e. The van der Waals surface area contributed by atoms with Crippen LogP contribution in [0.3, 0.4) is 0 Å². The summed E-state index contributed by atoms with van der Waals surface area (Å²) in [4.78, 5) is 37.0. The molecule has 1 aliphatic rings. The van der Waals surface area contributed by atoms with Crippen LogP contribution in [0, 0.1) is 23.0 Å². The molecule has 3 aromatic rings. The fourth-order valence-corrected chi connectivity index (χ4v) is 4.41. The minimum atomic E-state index is -0.598. The van der Waals surface area contributed by atoms with Gasteiger partial charge in [-0.15, -0.1) is 11.8 Å². The average molecular weight is 462 g/mol. The van der Waals surface area contributed by atoms with Crippen LogP contribution >= 0.6 is 11.8 Å². The van der Waals surface area contributed by atoms with Gasteiger partial charge >= 0.3 is 0 Å². The van der Waals surface area contributed by atoms with Gasteiger partial charge in [0.15, 0.2) is 0 Å². The molecule has 1 unspecified atom stereocenters. The largest absolute Gasteiger partial charge is 0.326 e. The molecule has 3 aromatic carbocycles. The summed E-state index contributed by atoms with van der Waals surface area (Å²) in [6.07, 6.45) is 1.85. The molecular formula is C25H23N3O4S. The number of anilines is 2. The van der Waals surface area contributed by atoms with Gasteiger partial charge in [-0.2, -0.15) is 0 Å². The van der Waals surface area contributed by atoms with E-state index in [0.717, 1.165) is 28.9 Å². The van der Waals surface area contributed by atoms with Crippen LogP contribution in [0.2, 0.25) is 0 Å². The van der Waals surface area contributed by atoms with Crippen LogP contribution < -0.4 is 10.6 Å². The van der Waals surface area contributed by atoms with Crippen molar-refractivity contribution in [2.45, 2.75) is 29.9 Å². The van der Waals surface area contributed by atoms with Gasteiger partial charge in [-0.3, -0.25) is 19.7 Å². The van der Waals surface area contributed by atoms with Gasteiger partial charge < -0.3 is 10.6 Å². The number of nitro groups is 1. The zero-order valence-corrected chi connectivity index (χ0v) is 18.8. The van der Waals surface area contributed by atoms with Gasteiger partial charge in [0.25, 0.3) is 5.69 Å². The van der Waals surface area contributed by atoms with Crippen LogP contribution in [0.1, 0.15) is 29.2 Å². The normalized spacial score (nSPS) is 13.7. The SMILES string of the molecule is Cc1ccc([N+](=O)[O-])cc1NC(=O)C(Sc1cccc(NC(=O)C2CC2)c1)c1ccccc1. The summed E-state index contributed by atoms with van der Waals surface area (Å²) in [5.74, 6) is -0.166. The lowest BCUT2D eigenvalue weighted by Gasteiger charge is -2.18. The van der Waals surface area contributed by atoms with E-state index >= 15 is 0 Å². The molecule has 8 heteroatoms. The van der Waals surface area contributed by atoms with Crippen molar-refractivity contribution in [3.8, 4) is 0 Å². The van der Waals surface area contributed by atoms with E-state index in [-0.39, 0.29) is 23.4 Å². The van der Waals surface area contributed by atoms with E-state index < -0.39 is 10.2 Å². The van der Waals surface area contributed by atoms with Crippen molar-refractivity contribution in [3.63, 3.8) is 0 Å². The van der Waals surface area contributed by atoms with E-state index in [1.807, 2.05) is 54.6 Å². The molecule has 0 bridgehead atoms. The number of carbonyl (C=O) groups excluding carboxylic acids is 2. The van der Waals surface area contributed by atoms with E-state index in [2.05, 4.69) is 10.6 Å². The number of aryl methyl sites for hydroxylation is 1. The number of nitrogens with zero attached hydrogens (tertiary/aromatic N) is 1. The summed E-state index contributed by atoms with van der Waals surface area (Å²) < 4.78 is 0. The van der Waals surface area contributed by atoms with Gasteiger partial charge in [-0.05, 0) is 49.1 Å². The highest BCUT2D eigenvalue weighted by Crippen LogP contribution is 2.38. The molecule has 0 aliphatic heterocycles. The lowest BCUT2D eigenvalue weighted by atomic mass is 10.1. The summed E-state index contributed by atoms with van der Waals surface area (Å²) >= 11 is 1.35. The topological polar surface area (TPSA) is 101 Å². The molecule has 0 radical (unpaired) electrons. The standard InChI is InChI=1S/C25H23N3O4S/c1-16-10-13-20(28(31)32)15-22(16)27-25(30)23(17-6-3-2-4-7-17)33-21-9-5-8-19(14-21)26-24(29)18-11-12-18/h2-10,13-15,18,23H,11-12H2,1H3,(H,26,29)(H,27,30). The minimum Gasteiger partial charge on any atom is -0.326 e. The first kappa shape index (κ1) is 22.5. The maximum atomic E-state index is 13.3. The van der Waals surface area contributed by atoms with Crippen molar-refractivity contribution in [2.75, 3.05) is 10.6 Å². The number of hydrogen-bond acceptors (Lipinski definition) is 5. The highest BCUT2D eigenvalue weighted by atomic mass is 32.2. The quantitative estimate of drug-likeness (QED) is 0.254. The Morgan fingerprint density at radius 2 is 1.76 bits per heavy atom. The Bertz CT molecular complexity index is 1200. The fraction of sp³-hybridized carbons (Fsp3) is 0.200. The summed E-state index contributed by atoms with van der Waals surface area (Å²) in [6.45, 7) is 1.79. The van der Waals surface area contributed by atoms with Crippen LogP contribution in [0.25, 0.3) is 0 Å². The number of benzene rings is 3. The smallest absolute Gasteiger partial charge is 0.271 e. The van der Waals surface area contributed by atoms with Crippen molar-refractivity contribution in [1.29, 1.82) is 0 Å². The molecular weight excluding hydrogens is 438 g/mol. The molecule has 1 saturated carbocycles. The molecule has 0 heterocycles. The third kappa shape index (κ3) is 5.78. The van der Waals surface area contributed by atoms with Crippen LogP contribution in [0.15, 0.2) is 77.7 Å². The van der Waals surface area contributed by atoms with E-state index in [4.69, 9.17) is 0 Å². The van der Waals surface area contributed by atoms with Crippen molar-refractivity contribution in [3.05, 3.63) is 94.0 Å². The van der Waals surface area contributed by atoms with E-state index in [0.29, 0.717) is 11.4 Å². The molecule has 2 N–H and O–H groups in total. The molecule has 1 aliphatic carbocycles. The van der Waals surface area contributed by atoms with Gasteiger partial charge in [0, 0.05) is 28.6 Å². The maximum absolute atomic E-state index is 13.3. The predicted octanol–water partition coefficient (Wildman–Crippen LogP) is 5.72. The molecule has 0 saturated heterocycles. The van der Waals surface area contributed by atoms with E-state index in [9.17, 15) is 19.7 Å². The minimum absolute atomic E-state index is 0.0237. The average Bonchev–Trinajstić information content (AvgIpc) is 3.65. The second-order valence-corrected chi connectivity index (χ2v) is 9.12. The van der Waals surface area contributed by atoms with Crippen molar-refractivity contribution in [2.24, 2.45) is 5.92 Å². The van der Waals surface area contributed by atoms with Gasteiger partial charge in [0.05, 0.1) is 10.6 Å². The summed E-state index contributed by atoms with van der Waals surface area (Å²) in [5, 5.41) is 16.4. The third-order valence-electron chi connectivity index (χ3n) is 5.33. The number of nitrogens with one attached hydrogen (secondary N) is 2. The molecule has 168 valence electrons. The summed E-state index contributed by atoms with van der Waals surface area (Å²) in [5.41, 5.74) is 2.55. The molecule has 2 amide bonds. The highest BCUT2D eigenvalue weighted by molar-refractivity contribution is 8.00. The highest BCUT2D eigenvalue weighted by Gasteiger charge is 2.29. The van der Waals surface area contributed by atoms with Crippen molar-refractivity contribution in [1.82, 2.24) is 0 Å². The fourth-order valence-electron chi connectivity index (χ4n) is 3.33. The van der Waals surface area contributed by atoms with Gasteiger partial charge in [-0.1, -0.05) is 42.5 Å². The van der Waals surface area contributed by atoms with Crippen LogP contribution in [0.5, 0.6) is 0 Å². The second-order valence-electron chi connectivity index (χ2n) is 7.95. The number of non-ortho nitro benzene ring substituents is 1. The molecule has 1 fully saturated rings. The molecule has 4 rings (SSSR count). The van der Waals surface area contributed by atoms with Crippen LogP contribution in [-0.4, -0.2) is 16.7 Å². The van der Waals surface area contributed by atoms with E-state index in [1.54, 1.807) is 13.0 Å². The number of carbonyl (C=O) groups is 2. The first-order chi connectivity index (χ1) is 15.9. The van der Waals surface area contributed by atoms with Gasteiger partial charge in [0.1, 0.15) is 5.25 Å². The molecule has 1 atom stereocenters. The van der Waals surface area contributed by atoms with Gasteiger partial charge in [0.2, 0.25) is 11.8 Å². The monoisotopic (exact) mass is 461 g/mol. The Morgan fingerprint density at radius 1 is 1.00 bits per heavy atom. The Labute approximate surface area is 195 Å². The number of thioether (sulfide) groups is 1. The Balaban J connectivity index is 1.57. The van der Waals surface area contributed by atoms with Crippen LogP contribution in [0.4, 0.5) is 17.1 Å². The first-order valence-corrected chi connectivity index (χ1v) is 11.5. The Hall–Kier alpha value is -3.65. The van der Waals surface area contributed by atoms with Gasteiger partial charge in [-0.25, -0.2) is 0 Å². The predicted molar refractivity (Wildman–Crippen MR) is 129 cm³/mol. The molecule has 0 spiro atoms. The van der Waals surface area contributed by atoms with Crippen molar-refractivity contribution < 1.29 is 14.5 Å². The third-order valence-corrected chi connectivity index (χ3v) is 6.58. The molecule has 33 heavy (non-hydrogen) atoms. The summed E-state index contributed by atoms with van der Waals surface area (Å²) in [7, 11) is 0. The zero-order valence-electron chi connectivity index (χ0n) is 18.0. The number of rotatable bonds is 8. The second kappa shape index (κ2) is 9.87. The Kier molecular flexibility index (Phi) is 6.74. The van der Waals surface area contributed by atoms with Crippen LogP contribution in [-0.2, 0) is 9.59 Å². The lowest BCUT2D eigenvalue weighted by molar-refractivity contribution is -0.384. The Morgan fingerprint density at radius 3 is 2.45 bits per heavy atom. The number of hydrogen-bond donors (Lipinski definition) is 2. The van der Waals surface area contributed by atoms with Crippen molar-refractivity contribution >= 4 is 40.6 Å². The molecule has 7 nitrogen and oxygen atoms in total. The first-order valence-electron chi connectivity index (χ1n) is 10.6. The zero-order chi connectivity index (χ0) is 23.4. The summed E-state index contributed by atoms with van der Waals surface area (Å²) in [6, 6.07) is 21.2. The number of amides is 2. The number of nitro benzene ring substituents is 1.